The van der Waals surface area contributed by atoms with Gasteiger partial charge in [-0.2, -0.15) is 0 Å². The molecule has 1 heterocycles. The van der Waals surface area contributed by atoms with Crippen LogP contribution in [0.4, 0.5) is 4.79 Å². The lowest BCUT2D eigenvalue weighted by Crippen LogP contribution is -2.60. The predicted octanol–water partition coefficient (Wildman–Crippen LogP) is 0.957. The van der Waals surface area contributed by atoms with Gasteiger partial charge in [-0.05, 0) is 46.5 Å². The summed E-state index contributed by atoms with van der Waals surface area (Å²) in [6.07, 6.45) is 0.618. The maximum atomic E-state index is 12.7. The van der Waals surface area contributed by atoms with E-state index in [0.717, 1.165) is 0 Å². The van der Waals surface area contributed by atoms with E-state index in [4.69, 9.17) is 9.47 Å². The highest BCUT2D eigenvalue weighted by atomic mass is 16.6. The van der Waals surface area contributed by atoms with Crippen molar-refractivity contribution in [3.8, 4) is 0 Å². The third-order valence-corrected chi connectivity index (χ3v) is 4.67. The van der Waals surface area contributed by atoms with E-state index in [9.17, 15) is 19.2 Å². The van der Waals surface area contributed by atoms with Crippen LogP contribution < -0.4 is 16.1 Å². The Bertz CT molecular complexity index is 631. The molecule has 3 unspecified atom stereocenters. The first-order chi connectivity index (χ1) is 13.9. The lowest BCUT2D eigenvalue weighted by molar-refractivity contribution is -0.151. The van der Waals surface area contributed by atoms with E-state index in [2.05, 4.69) is 16.1 Å². The van der Waals surface area contributed by atoms with Gasteiger partial charge in [-0.3, -0.25) is 19.4 Å². The first-order valence-electron chi connectivity index (χ1n) is 10.3. The van der Waals surface area contributed by atoms with Gasteiger partial charge in [0.25, 0.3) is 5.91 Å². The van der Waals surface area contributed by atoms with Crippen LogP contribution in [0, 0.1) is 11.8 Å². The van der Waals surface area contributed by atoms with Crippen LogP contribution in [0.1, 0.15) is 54.4 Å². The highest BCUT2D eigenvalue weighted by Gasteiger charge is 2.32. The van der Waals surface area contributed by atoms with E-state index in [1.165, 1.54) is 12.1 Å². The first-order valence-corrected chi connectivity index (χ1v) is 10.3. The molecule has 0 aliphatic carbocycles. The van der Waals surface area contributed by atoms with Gasteiger partial charge < -0.3 is 20.1 Å². The first kappa shape index (κ1) is 25.7. The normalized spacial score (nSPS) is 18.9. The molecular weight excluding hydrogens is 392 g/mol. The van der Waals surface area contributed by atoms with Gasteiger partial charge in [0.15, 0.2) is 0 Å². The molecule has 0 bridgehead atoms. The molecule has 1 rings (SSSR count). The second kappa shape index (κ2) is 11.1. The number of nitrogens with zero attached hydrogens (tertiary/aromatic N) is 1. The Balaban J connectivity index is 2.64. The summed E-state index contributed by atoms with van der Waals surface area (Å²) in [5.74, 6) is -1.73. The summed E-state index contributed by atoms with van der Waals surface area (Å²) >= 11 is 0. The number of hydrazine groups is 1. The average molecular weight is 429 g/mol. The van der Waals surface area contributed by atoms with E-state index >= 15 is 0 Å². The number of amides is 3. The van der Waals surface area contributed by atoms with Crippen LogP contribution in [-0.2, 0) is 23.9 Å². The predicted molar refractivity (Wildman–Crippen MR) is 110 cm³/mol. The number of hydrogen-bond acceptors (Lipinski definition) is 7. The Labute approximate surface area is 178 Å². The number of esters is 1. The van der Waals surface area contributed by atoms with Crippen molar-refractivity contribution in [2.24, 2.45) is 11.8 Å². The van der Waals surface area contributed by atoms with Gasteiger partial charge in [-0.25, -0.2) is 10.2 Å². The molecule has 1 fully saturated rings. The van der Waals surface area contributed by atoms with Gasteiger partial charge in [0, 0.05) is 13.1 Å². The smallest absolute Gasteiger partial charge is 0.407 e. The van der Waals surface area contributed by atoms with Crippen LogP contribution in [-0.4, -0.2) is 66.8 Å². The molecule has 3 amide bonds. The van der Waals surface area contributed by atoms with E-state index in [-0.39, 0.29) is 24.3 Å². The van der Waals surface area contributed by atoms with Crippen LogP contribution in [0.15, 0.2) is 0 Å². The standard InChI is InChI=1S/C20H36N4O6/c1-12(2)14(11-21-19(28)30-20(4,5)6)16(25)22-13(3)17(26)24-10-8-9-15(23-24)18(27)29-7/h12-15,23H,8-11H2,1-7H3,(H,21,28)(H,22,25). The Morgan fingerprint density at radius 1 is 1.17 bits per heavy atom. The average Bonchev–Trinajstić information content (AvgIpc) is 2.65. The Morgan fingerprint density at radius 3 is 2.33 bits per heavy atom. The SMILES string of the molecule is COC(=O)C1CCCN(C(=O)C(C)NC(=O)C(CNC(=O)OC(C)(C)C)C(C)C)N1. The molecule has 1 aliphatic rings. The molecule has 0 saturated carbocycles. The summed E-state index contributed by atoms with van der Waals surface area (Å²) in [5, 5.41) is 6.67. The van der Waals surface area contributed by atoms with Gasteiger partial charge in [0.05, 0.1) is 13.0 Å². The summed E-state index contributed by atoms with van der Waals surface area (Å²) in [6, 6.07) is -1.39. The monoisotopic (exact) mass is 428 g/mol. The summed E-state index contributed by atoms with van der Waals surface area (Å²) in [7, 11) is 1.30. The highest BCUT2D eigenvalue weighted by molar-refractivity contribution is 5.88. The van der Waals surface area contributed by atoms with Crippen LogP contribution in [0.25, 0.3) is 0 Å². The zero-order chi connectivity index (χ0) is 23.1. The zero-order valence-electron chi connectivity index (χ0n) is 19.0. The quantitative estimate of drug-likeness (QED) is 0.516. The topological polar surface area (TPSA) is 126 Å². The Morgan fingerprint density at radius 2 is 1.80 bits per heavy atom. The lowest BCUT2D eigenvalue weighted by Gasteiger charge is -2.34. The zero-order valence-corrected chi connectivity index (χ0v) is 19.0. The minimum Gasteiger partial charge on any atom is -0.468 e. The van der Waals surface area contributed by atoms with Crippen molar-refractivity contribution in [1.82, 2.24) is 21.1 Å². The number of ether oxygens (including phenoxy) is 2. The largest absolute Gasteiger partial charge is 0.468 e. The molecule has 0 aromatic rings. The van der Waals surface area contributed by atoms with Crippen LogP contribution in [0.3, 0.4) is 0 Å². The number of nitrogens with one attached hydrogen (secondary N) is 3. The molecule has 0 radical (unpaired) electrons. The fraction of sp³-hybridized carbons (Fsp3) is 0.800. The van der Waals surface area contributed by atoms with Gasteiger partial charge in [-0.15, -0.1) is 0 Å². The molecule has 172 valence electrons. The number of methoxy groups -OCH3 is 1. The molecule has 0 spiro atoms. The third kappa shape index (κ3) is 8.17. The second-order valence-electron chi connectivity index (χ2n) is 8.80. The molecule has 1 saturated heterocycles. The van der Waals surface area contributed by atoms with Gasteiger partial charge in [-0.1, -0.05) is 13.8 Å². The Hall–Kier alpha value is -2.36. The van der Waals surface area contributed by atoms with Crippen molar-refractivity contribution in [3.05, 3.63) is 0 Å². The number of carbonyl (C=O) groups is 4. The number of carbonyl (C=O) groups excluding carboxylic acids is 4. The summed E-state index contributed by atoms with van der Waals surface area (Å²) < 4.78 is 9.92. The Kier molecular flexibility index (Phi) is 9.54. The van der Waals surface area contributed by atoms with Crippen LogP contribution in [0.5, 0.6) is 0 Å². The van der Waals surface area contributed by atoms with Crippen LogP contribution >= 0.6 is 0 Å². The van der Waals surface area contributed by atoms with E-state index in [1.54, 1.807) is 27.7 Å². The lowest BCUT2D eigenvalue weighted by atomic mass is 9.94. The third-order valence-electron chi connectivity index (χ3n) is 4.67. The molecule has 0 aromatic heterocycles. The molecular formula is C20H36N4O6. The highest BCUT2D eigenvalue weighted by Crippen LogP contribution is 2.13. The molecule has 10 heteroatoms. The molecule has 3 atom stereocenters. The summed E-state index contributed by atoms with van der Waals surface area (Å²) in [6.45, 7) is 11.1. The van der Waals surface area contributed by atoms with Crippen molar-refractivity contribution in [1.29, 1.82) is 0 Å². The number of rotatable bonds is 7. The maximum absolute atomic E-state index is 12.7. The fourth-order valence-electron chi connectivity index (χ4n) is 3.01. The minimum atomic E-state index is -0.802. The van der Waals surface area contributed by atoms with E-state index in [1.807, 2.05) is 13.8 Å². The van der Waals surface area contributed by atoms with Gasteiger partial charge in [0.1, 0.15) is 17.7 Å². The van der Waals surface area contributed by atoms with Crippen molar-refractivity contribution >= 4 is 23.9 Å². The second-order valence-corrected chi connectivity index (χ2v) is 8.80. The molecule has 0 aromatic carbocycles. The van der Waals surface area contributed by atoms with Crippen molar-refractivity contribution in [2.75, 3.05) is 20.2 Å². The van der Waals surface area contributed by atoms with Gasteiger partial charge in [0.2, 0.25) is 5.91 Å². The van der Waals surface area contributed by atoms with Gasteiger partial charge >= 0.3 is 12.1 Å². The molecule has 10 nitrogen and oxygen atoms in total. The van der Waals surface area contributed by atoms with Crippen molar-refractivity contribution < 1.29 is 28.7 Å². The summed E-state index contributed by atoms with van der Waals surface area (Å²) in [4.78, 5) is 49.1. The number of alkyl carbamates (subject to hydrolysis) is 1. The van der Waals surface area contributed by atoms with Crippen molar-refractivity contribution in [3.63, 3.8) is 0 Å². The number of hydrogen-bond donors (Lipinski definition) is 3. The molecule has 1 aliphatic heterocycles. The minimum absolute atomic E-state index is 0.0703. The molecule has 30 heavy (non-hydrogen) atoms. The maximum Gasteiger partial charge on any atom is 0.407 e. The summed E-state index contributed by atoms with van der Waals surface area (Å²) in [5.41, 5.74) is 2.22. The van der Waals surface area contributed by atoms with E-state index in [0.29, 0.717) is 19.4 Å². The van der Waals surface area contributed by atoms with Crippen LogP contribution in [0.2, 0.25) is 0 Å². The molecule has 3 N–H and O–H groups in total. The fourth-order valence-corrected chi connectivity index (χ4v) is 3.01. The van der Waals surface area contributed by atoms with E-state index < -0.39 is 35.7 Å². The van der Waals surface area contributed by atoms with Crippen molar-refractivity contribution in [2.45, 2.75) is 72.1 Å².